The van der Waals surface area contributed by atoms with Crippen LogP contribution in [0.15, 0.2) is 118 Å². The van der Waals surface area contributed by atoms with E-state index in [1.807, 2.05) is 18.2 Å². The summed E-state index contributed by atoms with van der Waals surface area (Å²) in [6.07, 6.45) is 13.4. The maximum Gasteiger partial charge on any atom is 0.399 e. The van der Waals surface area contributed by atoms with Gasteiger partial charge in [0.15, 0.2) is 63.1 Å². The Morgan fingerprint density at radius 2 is 0.809 bits per heavy atom. The van der Waals surface area contributed by atoms with E-state index in [1.54, 1.807) is 50.2 Å². The highest BCUT2D eigenvalue weighted by atomic mass is 19.1. The van der Waals surface area contributed by atoms with Crippen LogP contribution in [-0.4, -0.2) is 59.6 Å². The summed E-state index contributed by atoms with van der Waals surface area (Å²) in [5, 5.41) is 40.9. The number of carbonyl (C=O) groups excluding carboxylic acids is 2. The molecule has 5 heterocycles. The fraction of sp³-hybridized carbons (Fsp3) is 0.323. The lowest BCUT2D eigenvalue weighted by Crippen LogP contribution is -2.34. The molecule has 0 unspecified atom stereocenters. The first kappa shape index (κ1) is 60.7. The lowest BCUT2D eigenvalue weighted by molar-refractivity contribution is -0.0727. The van der Waals surface area contributed by atoms with Crippen molar-refractivity contribution < 1.29 is 94.3 Å². The van der Waals surface area contributed by atoms with Gasteiger partial charge in [-0.25, -0.2) is 17.6 Å². The van der Waals surface area contributed by atoms with E-state index in [0.717, 1.165) is 89.6 Å². The third kappa shape index (κ3) is 13.2. The van der Waals surface area contributed by atoms with Crippen LogP contribution in [0, 0.1) is 37.1 Å². The van der Waals surface area contributed by atoms with Crippen LogP contribution in [0.5, 0.6) is 81.1 Å². The number of fused-ring (bicyclic) bond motifs is 3. The van der Waals surface area contributed by atoms with Gasteiger partial charge in [0.2, 0.25) is 17.2 Å². The Morgan fingerprint density at radius 1 is 0.483 bits per heavy atom. The minimum Gasteiger partial charge on any atom is -0.504 e. The molecule has 2 atom stereocenters. The molecule has 2 amide bonds. The molecule has 3 fully saturated rings. The SMILES string of the molecule is Cc1c(F)cc([C@@H](C)NC(=O)c2coc(Oc3cccc4c3OC3(CCCC3)O4)n2)cc1F.Cc1c(F)cc([C@@H](C)NC(=O)c2coc(Oc3cccc4c3OC3(CCCC3)O4)n2)cc1F.Oc1cccc(O)c1O.Oc1cccc2c1OC1(CCCC1)O2. The second-order valence-electron chi connectivity index (χ2n) is 22.2. The van der Waals surface area contributed by atoms with Crippen LogP contribution < -0.4 is 48.5 Å². The van der Waals surface area contributed by atoms with Gasteiger partial charge in [0, 0.05) is 49.7 Å². The average molecular weight is 1230 g/mol. The summed E-state index contributed by atoms with van der Waals surface area (Å²) in [5.41, 5.74) is 0.361. The molecule has 466 valence electrons. The number of carbonyl (C=O) groups is 2. The summed E-state index contributed by atoms with van der Waals surface area (Å²) in [7, 11) is 0. The number of nitrogens with zero attached hydrogens (tertiary/aromatic N) is 2. The summed E-state index contributed by atoms with van der Waals surface area (Å²) < 4.78 is 113. The fourth-order valence-corrected chi connectivity index (χ4v) is 10.8. The molecule has 14 rings (SSSR count). The maximum absolute atomic E-state index is 13.8. The van der Waals surface area contributed by atoms with Gasteiger partial charge >= 0.3 is 12.2 Å². The number of oxazole rings is 2. The van der Waals surface area contributed by atoms with Crippen molar-refractivity contribution in [3.8, 4) is 81.1 Å². The van der Waals surface area contributed by atoms with Crippen LogP contribution in [-0.2, 0) is 0 Å². The molecule has 0 saturated heterocycles. The molecule has 8 aromatic rings. The number of hydrogen-bond donors (Lipinski definition) is 6. The Balaban J connectivity index is 0.000000136. The van der Waals surface area contributed by atoms with Gasteiger partial charge in [0.05, 0.1) is 12.1 Å². The predicted octanol–water partition coefficient (Wildman–Crippen LogP) is 14.4. The third-order valence-corrected chi connectivity index (χ3v) is 15.8. The van der Waals surface area contributed by atoms with Crippen LogP contribution in [0.2, 0.25) is 0 Å². The minimum absolute atomic E-state index is 0.0399. The van der Waals surface area contributed by atoms with Crippen molar-refractivity contribution in [2.75, 3.05) is 0 Å². The topological polar surface area (TPSA) is 265 Å². The van der Waals surface area contributed by atoms with Gasteiger partial charge in [-0.1, -0.05) is 24.3 Å². The number of phenols is 4. The van der Waals surface area contributed by atoms with Crippen LogP contribution in [0.25, 0.3) is 0 Å². The lowest BCUT2D eigenvalue weighted by atomic mass is 10.1. The van der Waals surface area contributed by atoms with Crippen molar-refractivity contribution in [1.82, 2.24) is 20.6 Å². The van der Waals surface area contributed by atoms with Gasteiger partial charge in [0.1, 0.15) is 35.8 Å². The molecule has 3 saturated carbocycles. The van der Waals surface area contributed by atoms with Crippen molar-refractivity contribution >= 4 is 11.8 Å². The molecule has 6 aliphatic rings. The number of hydrogen-bond acceptors (Lipinski definition) is 18. The normalized spacial score (nSPS) is 16.8. The standard InChI is InChI=1S/2C24H22F2N2O5.C11H12O3.C6H6O3/c2*1-13-16(25)10-15(11-17(13)26)14(2)27-22(29)18-12-30-23(28-18)31-19-6-5-7-20-21(19)33-24(32-20)8-3-4-9-24;12-8-4-3-5-9-10(8)14-11(13-9)6-1-2-7-11;7-4-2-1-3-5(8)6(4)9/h2*5-7,10-12,14H,3-4,8-9H2,1-2H3,(H,27,29);3-5,12H,1-2,6-7H2;1-3,7-9H/t2*14-;;/m11../s1. The number of halogens is 4. The number of phenolic OH excluding ortho intramolecular Hbond substituents is 4. The van der Waals surface area contributed by atoms with Crippen LogP contribution in [0.4, 0.5) is 17.6 Å². The molecule has 6 N–H and O–H groups in total. The number of para-hydroxylation sites is 4. The summed E-state index contributed by atoms with van der Waals surface area (Å²) >= 11 is 0. The second-order valence-corrected chi connectivity index (χ2v) is 22.2. The first-order valence-corrected chi connectivity index (χ1v) is 28.9. The molecule has 6 aromatic carbocycles. The molecule has 0 radical (unpaired) electrons. The first-order valence-electron chi connectivity index (χ1n) is 28.9. The van der Waals surface area contributed by atoms with Gasteiger partial charge in [-0.05, 0) is 150 Å². The van der Waals surface area contributed by atoms with E-state index >= 15 is 0 Å². The van der Waals surface area contributed by atoms with Crippen molar-refractivity contribution in [3.63, 3.8) is 0 Å². The summed E-state index contributed by atoms with van der Waals surface area (Å²) in [6.45, 7) is 5.92. The molecule has 20 nitrogen and oxygen atoms in total. The quantitative estimate of drug-likeness (QED) is 0.0549. The average Bonchev–Trinajstić information content (AvgIpc) is 1.69. The van der Waals surface area contributed by atoms with E-state index < -0.39 is 70.3 Å². The van der Waals surface area contributed by atoms with E-state index in [-0.39, 0.29) is 51.9 Å². The van der Waals surface area contributed by atoms with Gasteiger partial charge in [-0.15, -0.1) is 0 Å². The van der Waals surface area contributed by atoms with Crippen molar-refractivity contribution in [2.45, 2.75) is 134 Å². The van der Waals surface area contributed by atoms with Gasteiger partial charge < -0.3 is 77.8 Å². The number of rotatable bonds is 10. The molecule has 3 spiro atoms. The van der Waals surface area contributed by atoms with Gasteiger partial charge in [-0.2, -0.15) is 9.97 Å². The zero-order chi connectivity index (χ0) is 62.8. The highest BCUT2D eigenvalue weighted by Crippen LogP contribution is 2.54. The number of aromatic hydroxyl groups is 4. The van der Waals surface area contributed by atoms with Crippen LogP contribution in [0.3, 0.4) is 0 Å². The maximum atomic E-state index is 13.8. The van der Waals surface area contributed by atoms with E-state index in [0.29, 0.717) is 57.1 Å². The molecule has 2 aromatic heterocycles. The van der Waals surface area contributed by atoms with Crippen molar-refractivity contribution in [2.24, 2.45) is 0 Å². The van der Waals surface area contributed by atoms with Crippen molar-refractivity contribution in [3.05, 3.63) is 166 Å². The summed E-state index contributed by atoms with van der Waals surface area (Å²) in [5.74, 6) is -2.51. The number of amides is 2. The van der Waals surface area contributed by atoms with E-state index in [9.17, 15) is 32.3 Å². The largest absolute Gasteiger partial charge is 0.504 e. The lowest BCUT2D eigenvalue weighted by Gasteiger charge is -2.21. The molecular weight excluding hydrogens is 1170 g/mol. The number of nitrogens with one attached hydrogen (secondary N) is 2. The van der Waals surface area contributed by atoms with Crippen LogP contribution >= 0.6 is 0 Å². The molecule has 24 heteroatoms. The fourth-order valence-electron chi connectivity index (χ4n) is 10.8. The Morgan fingerprint density at radius 3 is 1.17 bits per heavy atom. The number of aromatic nitrogens is 2. The zero-order valence-electron chi connectivity index (χ0n) is 48.6. The summed E-state index contributed by atoms with van der Waals surface area (Å²) in [4.78, 5) is 33.3. The van der Waals surface area contributed by atoms with Crippen LogP contribution in [0.1, 0.15) is 146 Å². The van der Waals surface area contributed by atoms with Crippen molar-refractivity contribution in [1.29, 1.82) is 0 Å². The highest BCUT2D eigenvalue weighted by Gasteiger charge is 2.48. The highest BCUT2D eigenvalue weighted by molar-refractivity contribution is 5.92. The van der Waals surface area contributed by atoms with Gasteiger partial charge in [-0.3, -0.25) is 9.59 Å². The van der Waals surface area contributed by atoms with E-state index in [4.69, 9.17) is 62.0 Å². The number of ether oxygens (including phenoxy) is 8. The minimum atomic E-state index is -0.677. The van der Waals surface area contributed by atoms with E-state index in [1.165, 1.54) is 56.3 Å². The molecular formula is C65H62F4N4O16. The molecule has 3 aliphatic carbocycles. The number of benzene rings is 6. The molecule has 3 aliphatic heterocycles. The first-order chi connectivity index (χ1) is 42.7. The zero-order valence-corrected chi connectivity index (χ0v) is 48.6. The Hall–Kier alpha value is -10.0. The molecule has 89 heavy (non-hydrogen) atoms. The Labute approximate surface area is 506 Å². The monoisotopic (exact) mass is 1230 g/mol. The second kappa shape index (κ2) is 25.0. The third-order valence-electron chi connectivity index (χ3n) is 15.8. The predicted molar refractivity (Wildman–Crippen MR) is 307 cm³/mol. The smallest absolute Gasteiger partial charge is 0.399 e. The summed E-state index contributed by atoms with van der Waals surface area (Å²) in [6, 6.07) is 23.2. The Bertz CT molecular complexity index is 3680. The van der Waals surface area contributed by atoms with Gasteiger partial charge in [0.25, 0.3) is 29.2 Å². The molecule has 0 bridgehead atoms. The van der Waals surface area contributed by atoms with E-state index in [2.05, 4.69) is 20.6 Å². The Kier molecular flexibility index (Phi) is 17.0.